The second-order valence-electron chi connectivity index (χ2n) is 7.57. The van der Waals surface area contributed by atoms with Crippen molar-refractivity contribution >= 4 is 32.7 Å². The summed E-state index contributed by atoms with van der Waals surface area (Å²) < 4.78 is 6.99. The largest absolute Gasteiger partial charge is 0.361 e. The van der Waals surface area contributed by atoms with Crippen LogP contribution in [0.4, 0.5) is 0 Å². The lowest BCUT2D eigenvalue weighted by molar-refractivity contribution is -0.148. The van der Waals surface area contributed by atoms with Gasteiger partial charge in [0.15, 0.2) is 0 Å². The van der Waals surface area contributed by atoms with Crippen molar-refractivity contribution in [2.24, 2.45) is 11.7 Å². The van der Waals surface area contributed by atoms with Crippen molar-refractivity contribution in [1.82, 2.24) is 9.88 Å². The van der Waals surface area contributed by atoms with Crippen LogP contribution in [0.1, 0.15) is 33.3 Å². The first-order chi connectivity index (χ1) is 11.7. The van der Waals surface area contributed by atoms with E-state index in [1.54, 1.807) is 0 Å². The molecule has 3 N–H and O–H groups in total. The average Bonchev–Trinajstić information content (AvgIpc) is 3.08. The van der Waals surface area contributed by atoms with Crippen LogP contribution >= 0.6 is 15.9 Å². The lowest BCUT2D eigenvalue weighted by atomic mass is 9.99. The maximum atomic E-state index is 13.0. The normalized spacial score (nSPS) is 21.2. The molecule has 5 nitrogen and oxygen atoms in total. The molecule has 136 valence electrons. The number of amides is 1. The molecule has 0 radical (unpaired) electrons. The third-order valence-corrected chi connectivity index (χ3v) is 5.67. The van der Waals surface area contributed by atoms with Gasteiger partial charge in [-0.1, -0.05) is 35.8 Å². The van der Waals surface area contributed by atoms with E-state index in [4.69, 9.17) is 10.5 Å². The van der Waals surface area contributed by atoms with Crippen molar-refractivity contribution in [3.05, 3.63) is 34.4 Å². The Kier molecular flexibility index (Phi) is 4.97. The Morgan fingerprint density at radius 1 is 1.48 bits per heavy atom. The molecule has 0 spiro atoms. The number of hydrogen-bond donors (Lipinski definition) is 2. The van der Waals surface area contributed by atoms with E-state index in [0.29, 0.717) is 6.61 Å². The molecule has 1 aliphatic heterocycles. The minimum absolute atomic E-state index is 0.0293. The van der Waals surface area contributed by atoms with Gasteiger partial charge < -0.3 is 20.4 Å². The summed E-state index contributed by atoms with van der Waals surface area (Å²) >= 11 is 3.63. The summed E-state index contributed by atoms with van der Waals surface area (Å²) in [6.45, 7) is 8.32. The van der Waals surface area contributed by atoms with Crippen LogP contribution in [0.2, 0.25) is 0 Å². The summed E-state index contributed by atoms with van der Waals surface area (Å²) in [5.41, 5.74) is 7.76. The van der Waals surface area contributed by atoms with Crippen molar-refractivity contribution < 1.29 is 9.53 Å². The van der Waals surface area contributed by atoms with Crippen LogP contribution in [0.25, 0.3) is 10.9 Å². The Morgan fingerprint density at radius 3 is 2.88 bits per heavy atom. The van der Waals surface area contributed by atoms with Crippen LogP contribution in [-0.2, 0) is 16.0 Å². The summed E-state index contributed by atoms with van der Waals surface area (Å²) in [6.07, 6.45) is 2.74. The van der Waals surface area contributed by atoms with Crippen molar-refractivity contribution in [2.45, 2.75) is 51.9 Å². The molecule has 1 aliphatic rings. The minimum Gasteiger partial charge on any atom is -0.361 e. The number of carbonyl (C=O) groups excluding carboxylic acids is 1. The van der Waals surface area contributed by atoms with E-state index in [9.17, 15) is 4.79 Å². The predicted molar refractivity (Wildman–Crippen MR) is 103 cm³/mol. The van der Waals surface area contributed by atoms with Gasteiger partial charge in [-0.3, -0.25) is 4.79 Å². The molecule has 6 heteroatoms. The smallest absolute Gasteiger partial charge is 0.242 e. The van der Waals surface area contributed by atoms with Crippen LogP contribution < -0.4 is 5.73 Å². The van der Waals surface area contributed by atoms with E-state index in [1.807, 2.05) is 50.9 Å². The van der Waals surface area contributed by atoms with Gasteiger partial charge in [-0.2, -0.15) is 0 Å². The molecule has 0 aliphatic carbocycles. The average molecular weight is 408 g/mol. The van der Waals surface area contributed by atoms with E-state index in [-0.39, 0.29) is 17.9 Å². The molecule has 25 heavy (non-hydrogen) atoms. The summed E-state index contributed by atoms with van der Waals surface area (Å²) in [5, 5.41) is 1.16. The number of nitrogens with one attached hydrogen (secondary N) is 1. The molecule has 1 aromatic heterocycles. The molecule has 1 fully saturated rings. The fourth-order valence-electron chi connectivity index (χ4n) is 3.55. The second-order valence-corrected chi connectivity index (χ2v) is 8.42. The third-order valence-electron chi connectivity index (χ3n) is 5.01. The highest BCUT2D eigenvalue weighted by Gasteiger charge is 2.45. The van der Waals surface area contributed by atoms with Gasteiger partial charge in [0.05, 0.1) is 18.7 Å². The van der Waals surface area contributed by atoms with Crippen molar-refractivity contribution in [2.75, 3.05) is 6.61 Å². The summed E-state index contributed by atoms with van der Waals surface area (Å²) in [6, 6.07) is 5.55. The Balaban J connectivity index is 1.91. The van der Waals surface area contributed by atoms with Gasteiger partial charge in [0.1, 0.15) is 5.72 Å². The van der Waals surface area contributed by atoms with Gasteiger partial charge in [0.25, 0.3) is 0 Å². The van der Waals surface area contributed by atoms with Crippen molar-refractivity contribution in [3.63, 3.8) is 0 Å². The van der Waals surface area contributed by atoms with Crippen molar-refractivity contribution in [1.29, 1.82) is 0 Å². The summed E-state index contributed by atoms with van der Waals surface area (Å²) in [5.74, 6) is 0.0493. The minimum atomic E-state index is -0.641. The lowest BCUT2D eigenvalue weighted by Crippen LogP contribution is -2.55. The number of hydrogen-bond acceptors (Lipinski definition) is 3. The Hall–Kier alpha value is -1.37. The highest BCUT2D eigenvalue weighted by atomic mass is 79.9. The van der Waals surface area contributed by atoms with Gasteiger partial charge in [-0.05, 0) is 43.9 Å². The topological polar surface area (TPSA) is 71.4 Å². The van der Waals surface area contributed by atoms with E-state index < -0.39 is 11.8 Å². The monoisotopic (exact) mass is 407 g/mol. The summed E-state index contributed by atoms with van der Waals surface area (Å²) in [7, 11) is 0. The molecule has 1 saturated heterocycles. The standard InChI is InChI=1S/C19H26BrN3O2/c1-11(2)17(21)18(24)23-13(10-25-19(23,3)4)8-12-9-22-15-7-5-6-14(20)16(12)15/h5-7,9,11,13,17,22H,8,10,21H2,1-4H3/t13-,17+/m1/s1. The first-order valence-electron chi connectivity index (χ1n) is 8.69. The van der Waals surface area contributed by atoms with Crippen LogP contribution in [-0.4, -0.2) is 40.2 Å². The zero-order valence-corrected chi connectivity index (χ0v) is 16.8. The molecule has 0 saturated carbocycles. The first kappa shape index (κ1) is 18.4. The fraction of sp³-hybridized carbons (Fsp3) is 0.526. The van der Waals surface area contributed by atoms with E-state index in [1.165, 1.54) is 5.56 Å². The SMILES string of the molecule is CC(C)[C@H](N)C(=O)N1[C@H](Cc2c[nH]c3cccc(Br)c23)COC1(C)C. The van der Waals surface area contributed by atoms with Gasteiger partial charge in [-0.15, -0.1) is 0 Å². The van der Waals surface area contributed by atoms with Gasteiger partial charge in [0.2, 0.25) is 5.91 Å². The van der Waals surface area contributed by atoms with Crippen molar-refractivity contribution in [3.8, 4) is 0 Å². The number of aromatic amines is 1. The van der Waals surface area contributed by atoms with Gasteiger partial charge in [0, 0.05) is 21.6 Å². The van der Waals surface area contributed by atoms with Crippen LogP contribution in [0, 0.1) is 5.92 Å². The molecule has 3 rings (SSSR count). The molecule has 0 unspecified atom stereocenters. The molecule has 2 atom stereocenters. The number of rotatable bonds is 4. The van der Waals surface area contributed by atoms with Crippen LogP contribution in [0.3, 0.4) is 0 Å². The van der Waals surface area contributed by atoms with E-state index in [2.05, 4.69) is 27.0 Å². The molecule has 2 aromatic rings. The highest BCUT2D eigenvalue weighted by molar-refractivity contribution is 9.10. The molecule has 1 amide bonds. The Morgan fingerprint density at radius 2 is 2.20 bits per heavy atom. The zero-order chi connectivity index (χ0) is 18.4. The third kappa shape index (κ3) is 3.35. The number of nitrogens with zero attached hydrogens (tertiary/aromatic N) is 1. The predicted octanol–water partition coefficient (Wildman–Crippen LogP) is 3.42. The number of fused-ring (bicyclic) bond motifs is 1. The van der Waals surface area contributed by atoms with Crippen LogP contribution in [0.5, 0.6) is 0 Å². The van der Waals surface area contributed by atoms with E-state index in [0.717, 1.165) is 21.8 Å². The maximum absolute atomic E-state index is 13.0. The van der Waals surface area contributed by atoms with Gasteiger partial charge in [-0.25, -0.2) is 0 Å². The molecule has 1 aromatic carbocycles. The fourth-order valence-corrected chi connectivity index (χ4v) is 4.17. The second kappa shape index (κ2) is 6.74. The molecule has 2 heterocycles. The maximum Gasteiger partial charge on any atom is 0.242 e. The highest BCUT2D eigenvalue weighted by Crippen LogP contribution is 2.33. The molecular formula is C19H26BrN3O2. The number of carbonyl (C=O) groups is 1. The number of benzene rings is 1. The Bertz CT molecular complexity index is 784. The van der Waals surface area contributed by atoms with Gasteiger partial charge >= 0.3 is 0 Å². The zero-order valence-electron chi connectivity index (χ0n) is 15.2. The van der Waals surface area contributed by atoms with Crippen LogP contribution in [0.15, 0.2) is 28.9 Å². The molecule has 0 bridgehead atoms. The number of H-pyrrole nitrogens is 1. The first-order valence-corrected chi connectivity index (χ1v) is 9.49. The summed E-state index contributed by atoms with van der Waals surface area (Å²) in [4.78, 5) is 18.1. The molecular weight excluding hydrogens is 382 g/mol. The number of nitrogens with two attached hydrogens (primary N) is 1. The number of ether oxygens (including phenoxy) is 1. The Labute approximate surface area is 157 Å². The quantitative estimate of drug-likeness (QED) is 0.815. The lowest BCUT2D eigenvalue weighted by Gasteiger charge is -2.36. The number of halogens is 1. The number of aromatic nitrogens is 1. The van der Waals surface area contributed by atoms with E-state index >= 15 is 0 Å².